The van der Waals surface area contributed by atoms with Crippen LogP contribution in [0.3, 0.4) is 0 Å². The van der Waals surface area contributed by atoms with Gasteiger partial charge in [-0.15, -0.1) is 0 Å². The van der Waals surface area contributed by atoms with E-state index >= 15 is 0 Å². The standard InChI is InChI=1S/C16H16BrNO6S2/c1-24-16(19)13-9-12(7-8-14(13)17)26(22,23)18-15-6-4-3-5-11(15)10-25(2,20)21/h3-9,18H,10H2,1-2H3. The molecule has 0 radical (unpaired) electrons. The molecule has 2 aromatic rings. The summed E-state index contributed by atoms with van der Waals surface area (Å²) in [6.45, 7) is 0. The van der Waals surface area contributed by atoms with Crippen LogP contribution < -0.4 is 4.72 Å². The van der Waals surface area contributed by atoms with Crippen LogP contribution >= 0.6 is 15.9 Å². The van der Waals surface area contributed by atoms with Crippen molar-refractivity contribution in [3.63, 3.8) is 0 Å². The molecule has 2 rings (SSSR count). The Kier molecular flexibility index (Phi) is 6.09. The van der Waals surface area contributed by atoms with E-state index in [-0.39, 0.29) is 21.9 Å². The number of carbonyl (C=O) groups excluding carboxylic acids is 1. The number of rotatable bonds is 6. The number of sulfonamides is 1. The zero-order valence-electron chi connectivity index (χ0n) is 13.9. The zero-order valence-corrected chi connectivity index (χ0v) is 17.1. The summed E-state index contributed by atoms with van der Waals surface area (Å²) in [4.78, 5) is 11.6. The third-order valence-electron chi connectivity index (χ3n) is 3.33. The summed E-state index contributed by atoms with van der Waals surface area (Å²) in [6.07, 6.45) is 1.07. The van der Waals surface area contributed by atoms with Gasteiger partial charge in [0.05, 0.1) is 29.0 Å². The van der Waals surface area contributed by atoms with Crippen LogP contribution in [0.2, 0.25) is 0 Å². The highest BCUT2D eigenvalue weighted by molar-refractivity contribution is 9.10. The second kappa shape index (κ2) is 7.77. The Bertz CT molecular complexity index is 1050. The van der Waals surface area contributed by atoms with Crippen molar-refractivity contribution in [1.29, 1.82) is 0 Å². The number of esters is 1. The van der Waals surface area contributed by atoms with Gasteiger partial charge in [0, 0.05) is 10.7 Å². The van der Waals surface area contributed by atoms with Crippen LogP contribution in [0.4, 0.5) is 5.69 Å². The molecule has 0 aliphatic carbocycles. The number of ether oxygens (including phenoxy) is 1. The average molecular weight is 462 g/mol. The summed E-state index contributed by atoms with van der Waals surface area (Å²) >= 11 is 3.17. The van der Waals surface area contributed by atoms with Gasteiger partial charge in [-0.1, -0.05) is 18.2 Å². The number of nitrogens with one attached hydrogen (secondary N) is 1. The van der Waals surface area contributed by atoms with Gasteiger partial charge in [0.15, 0.2) is 9.84 Å². The maximum Gasteiger partial charge on any atom is 0.339 e. The Hall–Kier alpha value is -1.91. The van der Waals surface area contributed by atoms with Crippen molar-refractivity contribution >= 4 is 47.4 Å². The van der Waals surface area contributed by atoms with Gasteiger partial charge in [0.25, 0.3) is 10.0 Å². The Morgan fingerprint density at radius 2 is 1.77 bits per heavy atom. The van der Waals surface area contributed by atoms with Crippen molar-refractivity contribution in [3.8, 4) is 0 Å². The molecule has 0 saturated carbocycles. The molecule has 0 bridgehead atoms. The minimum atomic E-state index is -4.05. The van der Waals surface area contributed by atoms with Crippen LogP contribution in [-0.4, -0.2) is 36.2 Å². The van der Waals surface area contributed by atoms with Crippen LogP contribution in [0.5, 0.6) is 0 Å². The van der Waals surface area contributed by atoms with E-state index in [9.17, 15) is 21.6 Å². The Morgan fingerprint density at radius 3 is 2.38 bits per heavy atom. The van der Waals surface area contributed by atoms with E-state index in [1.165, 1.54) is 37.4 Å². The molecule has 0 heterocycles. The number of carbonyl (C=O) groups is 1. The van der Waals surface area contributed by atoms with E-state index in [0.29, 0.717) is 10.0 Å². The normalized spacial score (nSPS) is 11.8. The highest BCUT2D eigenvalue weighted by Gasteiger charge is 2.20. The summed E-state index contributed by atoms with van der Waals surface area (Å²) in [6, 6.07) is 10.1. The van der Waals surface area contributed by atoms with E-state index in [2.05, 4.69) is 25.4 Å². The smallest absolute Gasteiger partial charge is 0.339 e. The second-order valence-corrected chi connectivity index (χ2v) is 10.1. The van der Waals surface area contributed by atoms with Gasteiger partial charge in [0.1, 0.15) is 0 Å². The third kappa shape index (κ3) is 5.05. The molecule has 0 spiro atoms. The van der Waals surface area contributed by atoms with Gasteiger partial charge in [-0.2, -0.15) is 0 Å². The van der Waals surface area contributed by atoms with Crippen molar-refractivity contribution in [2.75, 3.05) is 18.1 Å². The lowest BCUT2D eigenvalue weighted by Crippen LogP contribution is -2.16. The fourth-order valence-electron chi connectivity index (χ4n) is 2.17. The first kappa shape index (κ1) is 20.4. The molecular weight excluding hydrogens is 446 g/mol. The molecule has 1 N–H and O–H groups in total. The van der Waals surface area contributed by atoms with Gasteiger partial charge < -0.3 is 4.74 Å². The quantitative estimate of drug-likeness (QED) is 0.662. The van der Waals surface area contributed by atoms with E-state index in [0.717, 1.165) is 6.26 Å². The van der Waals surface area contributed by atoms with Crippen molar-refractivity contribution in [2.45, 2.75) is 10.6 Å². The first-order chi connectivity index (χ1) is 12.0. The molecule has 0 fully saturated rings. The minimum absolute atomic E-state index is 0.0554. The molecule has 0 atom stereocenters. The molecule has 0 saturated heterocycles. The number of anilines is 1. The summed E-state index contributed by atoms with van der Waals surface area (Å²) in [5.41, 5.74) is 0.532. The first-order valence-electron chi connectivity index (χ1n) is 7.20. The molecule has 7 nitrogen and oxygen atoms in total. The SMILES string of the molecule is COC(=O)c1cc(S(=O)(=O)Nc2ccccc2CS(C)(=O)=O)ccc1Br. The number of para-hydroxylation sites is 1. The lowest BCUT2D eigenvalue weighted by Gasteiger charge is -2.13. The zero-order chi connectivity index (χ0) is 19.5. The molecule has 0 amide bonds. The Labute approximate surface area is 160 Å². The topological polar surface area (TPSA) is 107 Å². The van der Waals surface area contributed by atoms with Crippen LogP contribution in [0.1, 0.15) is 15.9 Å². The maximum absolute atomic E-state index is 12.7. The van der Waals surface area contributed by atoms with E-state index < -0.39 is 25.8 Å². The van der Waals surface area contributed by atoms with Gasteiger partial charge in [0.2, 0.25) is 0 Å². The summed E-state index contributed by atoms with van der Waals surface area (Å²) in [7, 11) is -6.20. The van der Waals surface area contributed by atoms with Crippen molar-refractivity contribution in [1.82, 2.24) is 0 Å². The van der Waals surface area contributed by atoms with Crippen LogP contribution in [0, 0.1) is 0 Å². The van der Waals surface area contributed by atoms with E-state index in [1.54, 1.807) is 12.1 Å². The van der Waals surface area contributed by atoms with Crippen LogP contribution in [-0.2, 0) is 30.4 Å². The summed E-state index contributed by atoms with van der Waals surface area (Å²) in [5, 5.41) is 0. The van der Waals surface area contributed by atoms with Crippen LogP contribution in [0.15, 0.2) is 51.8 Å². The predicted octanol–water partition coefficient (Wildman–Crippen LogP) is 2.58. The number of halogens is 1. The van der Waals surface area contributed by atoms with Crippen molar-refractivity contribution in [2.24, 2.45) is 0 Å². The third-order valence-corrected chi connectivity index (χ3v) is 6.22. The summed E-state index contributed by atoms with van der Waals surface area (Å²) in [5.74, 6) is -0.995. The fraction of sp³-hybridized carbons (Fsp3) is 0.188. The number of methoxy groups -OCH3 is 1. The van der Waals surface area contributed by atoms with Gasteiger partial charge >= 0.3 is 5.97 Å². The number of hydrogen-bond acceptors (Lipinski definition) is 6. The molecule has 26 heavy (non-hydrogen) atoms. The monoisotopic (exact) mass is 461 g/mol. The molecule has 0 unspecified atom stereocenters. The van der Waals surface area contributed by atoms with Gasteiger partial charge in [-0.3, -0.25) is 4.72 Å². The Balaban J connectivity index is 2.43. The summed E-state index contributed by atoms with van der Waals surface area (Å²) < 4.78 is 55.8. The second-order valence-electron chi connectivity index (χ2n) is 5.47. The molecule has 0 aromatic heterocycles. The number of sulfone groups is 1. The van der Waals surface area contributed by atoms with E-state index in [1.807, 2.05) is 0 Å². The molecule has 140 valence electrons. The fourth-order valence-corrected chi connectivity index (χ4v) is 4.52. The number of hydrogen-bond donors (Lipinski definition) is 1. The number of benzene rings is 2. The lowest BCUT2D eigenvalue weighted by molar-refractivity contribution is 0.0599. The van der Waals surface area contributed by atoms with Crippen molar-refractivity contribution in [3.05, 3.63) is 58.1 Å². The highest BCUT2D eigenvalue weighted by Crippen LogP contribution is 2.25. The molecular formula is C16H16BrNO6S2. The lowest BCUT2D eigenvalue weighted by atomic mass is 10.2. The predicted molar refractivity (Wildman–Crippen MR) is 101 cm³/mol. The molecule has 0 aliphatic heterocycles. The van der Waals surface area contributed by atoms with E-state index in [4.69, 9.17) is 0 Å². The average Bonchev–Trinajstić information content (AvgIpc) is 2.54. The highest BCUT2D eigenvalue weighted by atomic mass is 79.9. The molecule has 2 aromatic carbocycles. The largest absolute Gasteiger partial charge is 0.465 e. The van der Waals surface area contributed by atoms with Gasteiger partial charge in [-0.25, -0.2) is 21.6 Å². The maximum atomic E-state index is 12.7. The van der Waals surface area contributed by atoms with Crippen LogP contribution in [0.25, 0.3) is 0 Å². The first-order valence-corrected chi connectivity index (χ1v) is 11.5. The Morgan fingerprint density at radius 1 is 1.12 bits per heavy atom. The molecule has 10 heteroatoms. The van der Waals surface area contributed by atoms with Crippen molar-refractivity contribution < 1.29 is 26.4 Å². The van der Waals surface area contributed by atoms with Gasteiger partial charge in [-0.05, 0) is 45.8 Å². The minimum Gasteiger partial charge on any atom is -0.465 e. The molecule has 0 aliphatic rings.